The molecule has 1 aliphatic rings. The van der Waals surface area contributed by atoms with Gasteiger partial charge in [0.05, 0.1) is 18.1 Å². The second-order valence-corrected chi connectivity index (χ2v) is 6.48. The van der Waals surface area contributed by atoms with Crippen LogP contribution >= 0.6 is 0 Å². The Kier molecular flexibility index (Phi) is 5.90. The first-order valence-electron chi connectivity index (χ1n) is 7.91. The first-order valence-corrected chi connectivity index (χ1v) is 7.91. The summed E-state index contributed by atoms with van der Waals surface area (Å²) in [5.74, 6) is -1.46. The summed E-state index contributed by atoms with van der Waals surface area (Å²) in [6, 6.07) is 5.45. The summed E-state index contributed by atoms with van der Waals surface area (Å²) in [5.41, 5.74) is 0.595. The Labute approximate surface area is 141 Å². The van der Waals surface area contributed by atoms with Gasteiger partial charge in [-0.3, -0.25) is 9.59 Å². The lowest BCUT2D eigenvalue weighted by Gasteiger charge is -2.25. The summed E-state index contributed by atoms with van der Waals surface area (Å²) in [6.07, 6.45) is -0.612. The molecule has 0 radical (unpaired) electrons. The molecule has 0 saturated carbocycles. The average molecular weight is 337 g/mol. The minimum absolute atomic E-state index is 0.0767. The molecule has 0 bridgehead atoms. The first-order chi connectivity index (χ1) is 11.3. The molecule has 1 fully saturated rings. The summed E-state index contributed by atoms with van der Waals surface area (Å²) in [4.78, 5) is 27.8. The predicted octanol–water partition coefficient (Wildman–Crippen LogP) is 0.384. The number of hydrogen-bond acceptors (Lipinski definition) is 4. The van der Waals surface area contributed by atoms with Crippen molar-refractivity contribution in [3.05, 3.63) is 35.6 Å². The number of nitrogens with one attached hydrogen (secondary N) is 1. The summed E-state index contributed by atoms with van der Waals surface area (Å²) in [7, 11) is 5.28. The van der Waals surface area contributed by atoms with Gasteiger partial charge in [0.1, 0.15) is 5.82 Å². The van der Waals surface area contributed by atoms with Gasteiger partial charge < -0.3 is 20.2 Å². The van der Waals surface area contributed by atoms with E-state index in [1.165, 1.54) is 17.0 Å². The Morgan fingerprint density at radius 3 is 2.83 bits per heavy atom. The van der Waals surface area contributed by atoms with Crippen LogP contribution in [0.15, 0.2) is 24.3 Å². The smallest absolute Gasteiger partial charge is 0.226 e. The van der Waals surface area contributed by atoms with Gasteiger partial charge in [-0.1, -0.05) is 12.1 Å². The molecule has 3 atom stereocenters. The Morgan fingerprint density at radius 2 is 2.21 bits per heavy atom. The van der Waals surface area contributed by atoms with Gasteiger partial charge in [0, 0.05) is 26.6 Å². The molecule has 1 aromatic rings. The van der Waals surface area contributed by atoms with E-state index in [4.69, 9.17) is 0 Å². The van der Waals surface area contributed by atoms with E-state index in [-0.39, 0.29) is 24.8 Å². The van der Waals surface area contributed by atoms with Crippen LogP contribution in [-0.4, -0.2) is 67.1 Å². The second kappa shape index (κ2) is 7.72. The van der Waals surface area contributed by atoms with Crippen LogP contribution in [0, 0.1) is 11.7 Å². The molecule has 2 amide bonds. The highest BCUT2D eigenvalue weighted by Gasteiger charge is 2.42. The number of likely N-dealkylation sites (N-methyl/N-ethyl adjacent to an activating group) is 1. The van der Waals surface area contributed by atoms with Gasteiger partial charge in [0.2, 0.25) is 11.8 Å². The molecule has 0 spiro atoms. The standard InChI is InChI=1S/C17H24FN3O3/c1-20(2)10-13(22)9-19-17(24)14-8-15(23)21(3)16(14)11-5-4-6-12(18)7-11/h4-7,13-14,16,22H,8-10H2,1-3H3,(H,19,24)/t13-,14+,16+/m1/s1. The number of rotatable bonds is 6. The van der Waals surface area contributed by atoms with E-state index < -0.39 is 23.9 Å². The van der Waals surface area contributed by atoms with Crippen LogP contribution in [0.4, 0.5) is 4.39 Å². The Bertz CT molecular complexity index is 608. The third-order valence-corrected chi connectivity index (χ3v) is 4.20. The summed E-state index contributed by atoms with van der Waals surface area (Å²) in [5, 5.41) is 12.5. The molecule has 0 aliphatic carbocycles. The van der Waals surface area contributed by atoms with Crippen molar-refractivity contribution >= 4 is 11.8 Å². The van der Waals surface area contributed by atoms with Crippen LogP contribution in [0.25, 0.3) is 0 Å². The molecule has 1 saturated heterocycles. The van der Waals surface area contributed by atoms with Gasteiger partial charge in [-0.2, -0.15) is 0 Å². The third kappa shape index (κ3) is 4.30. The van der Waals surface area contributed by atoms with Crippen LogP contribution in [-0.2, 0) is 9.59 Å². The number of hydrogen-bond donors (Lipinski definition) is 2. The molecular weight excluding hydrogens is 313 g/mol. The number of aliphatic hydroxyl groups is 1. The minimum atomic E-state index is -0.689. The van der Waals surface area contributed by atoms with Crippen molar-refractivity contribution in [1.29, 1.82) is 0 Å². The molecule has 0 aromatic heterocycles. The number of aliphatic hydroxyl groups excluding tert-OH is 1. The van der Waals surface area contributed by atoms with Crippen molar-refractivity contribution in [2.45, 2.75) is 18.6 Å². The molecule has 132 valence electrons. The summed E-state index contributed by atoms with van der Waals surface area (Å²) < 4.78 is 13.5. The maximum atomic E-state index is 13.5. The number of amides is 2. The highest BCUT2D eigenvalue weighted by molar-refractivity contribution is 5.90. The molecule has 2 N–H and O–H groups in total. The minimum Gasteiger partial charge on any atom is -0.390 e. The van der Waals surface area contributed by atoms with Gasteiger partial charge in [-0.05, 0) is 31.8 Å². The van der Waals surface area contributed by atoms with E-state index in [0.717, 1.165) is 0 Å². The highest BCUT2D eigenvalue weighted by Crippen LogP contribution is 2.37. The van der Waals surface area contributed by atoms with E-state index >= 15 is 0 Å². The summed E-state index contributed by atoms with van der Waals surface area (Å²) in [6.45, 7) is 0.540. The van der Waals surface area contributed by atoms with Crippen LogP contribution in [0.5, 0.6) is 0 Å². The van der Waals surface area contributed by atoms with Crippen molar-refractivity contribution in [3.8, 4) is 0 Å². The Balaban J connectivity index is 2.09. The number of carbonyl (C=O) groups excluding carboxylic acids is 2. The van der Waals surface area contributed by atoms with Gasteiger partial charge in [0.15, 0.2) is 0 Å². The quantitative estimate of drug-likeness (QED) is 0.787. The Hall–Kier alpha value is -1.99. The number of benzene rings is 1. The van der Waals surface area contributed by atoms with Crippen LogP contribution in [0.1, 0.15) is 18.0 Å². The fourth-order valence-electron chi connectivity index (χ4n) is 3.09. The van der Waals surface area contributed by atoms with E-state index in [0.29, 0.717) is 12.1 Å². The molecule has 6 nitrogen and oxygen atoms in total. The molecular formula is C17H24FN3O3. The maximum Gasteiger partial charge on any atom is 0.226 e. The molecule has 1 aromatic carbocycles. The molecule has 24 heavy (non-hydrogen) atoms. The number of halogens is 1. The zero-order valence-corrected chi connectivity index (χ0v) is 14.2. The van der Waals surface area contributed by atoms with E-state index in [1.807, 2.05) is 19.0 Å². The van der Waals surface area contributed by atoms with E-state index in [9.17, 15) is 19.1 Å². The highest BCUT2D eigenvalue weighted by atomic mass is 19.1. The molecule has 0 unspecified atom stereocenters. The van der Waals surface area contributed by atoms with Crippen molar-refractivity contribution in [1.82, 2.24) is 15.1 Å². The Morgan fingerprint density at radius 1 is 1.50 bits per heavy atom. The van der Waals surface area contributed by atoms with E-state index in [1.54, 1.807) is 19.2 Å². The van der Waals surface area contributed by atoms with Crippen molar-refractivity contribution in [3.63, 3.8) is 0 Å². The normalized spacial score (nSPS) is 22.1. The number of carbonyl (C=O) groups is 2. The fourth-order valence-corrected chi connectivity index (χ4v) is 3.09. The van der Waals surface area contributed by atoms with Crippen molar-refractivity contribution in [2.75, 3.05) is 34.2 Å². The monoisotopic (exact) mass is 337 g/mol. The third-order valence-electron chi connectivity index (χ3n) is 4.20. The maximum absolute atomic E-state index is 13.5. The van der Waals surface area contributed by atoms with E-state index in [2.05, 4.69) is 5.32 Å². The van der Waals surface area contributed by atoms with Crippen molar-refractivity contribution in [2.24, 2.45) is 5.92 Å². The molecule has 1 aliphatic heterocycles. The van der Waals surface area contributed by atoms with Gasteiger partial charge in [-0.25, -0.2) is 4.39 Å². The molecule has 2 rings (SSSR count). The lowest BCUT2D eigenvalue weighted by molar-refractivity contribution is -0.128. The zero-order valence-electron chi connectivity index (χ0n) is 14.2. The topological polar surface area (TPSA) is 72.9 Å². The van der Waals surface area contributed by atoms with Crippen LogP contribution < -0.4 is 5.32 Å². The first kappa shape index (κ1) is 18.4. The lowest BCUT2D eigenvalue weighted by atomic mass is 9.93. The summed E-state index contributed by atoms with van der Waals surface area (Å²) >= 11 is 0. The SMILES string of the molecule is CN(C)C[C@H](O)CNC(=O)[C@H]1CC(=O)N(C)[C@H]1c1cccc(F)c1. The van der Waals surface area contributed by atoms with Gasteiger partial charge >= 0.3 is 0 Å². The predicted molar refractivity (Wildman–Crippen MR) is 87.6 cm³/mol. The second-order valence-electron chi connectivity index (χ2n) is 6.48. The fraction of sp³-hybridized carbons (Fsp3) is 0.529. The zero-order chi connectivity index (χ0) is 17.9. The van der Waals surface area contributed by atoms with Crippen LogP contribution in [0.3, 0.4) is 0 Å². The average Bonchev–Trinajstić information content (AvgIpc) is 2.80. The number of nitrogens with zero attached hydrogens (tertiary/aromatic N) is 2. The molecule has 7 heteroatoms. The lowest BCUT2D eigenvalue weighted by Crippen LogP contribution is -2.41. The largest absolute Gasteiger partial charge is 0.390 e. The molecule has 1 heterocycles. The van der Waals surface area contributed by atoms with Gasteiger partial charge in [-0.15, -0.1) is 0 Å². The van der Waals surface area contributed by atoms with Gasteiger partial charge in [0.25, 0.3) is 0 Å². The number of likely N-dealkylation sites (tertiary alicyclic amines) is 1. The van der Waals surface area contributed by atoms with Crippen LogP contribution in [0.2, 0.25) is 0 Å². The van der Waals surface area contributed by atoms with Crippen molar-refractivity contribution < 1.29 is 19.1 Å².